The van der Waals surface area contributed by atoms with Crippen molar-refractivity contribution in [3.05, 3.63) is 48.3 Å². The zero-order valence-corrected chi connectivity index (χ0v) is 12.4. The zero-order chi connectivity index (χ0) is 15.1. The van der Waals surface area contributed by atoms with E-state index in [2.05, 4.69) is 34.4 Å². The van der Waals surface area contributed by atoms with Crippen molar-refractivity contribution in [3.63, 3.8) is 0 Å². The topological polar surface area (TPSA) is 55.3 Å². The van der Waals surface area contributed by atoms with Crippen LogP contribution >= 0.6 is 0 Å². The molecule has 112 valence electrons. The van der Waals surface area contributed by atoms with Crippen molar-refractivity contribution in [3.8, 4) is 0 Å². The first-order valence-electron chi connectivity index (χ1n) is 6.99. The number of hydrogen-bond donors (Lipinski definition) is 2. The van der Waals surface area contributed by atoms with Crippen molar-refractivity contribution in [2.45, 2.75) is 20.0 Å². The summed E-state index contributed by atoms with van der Waals surface area (Å²) >= 11 is 0. The summed E-state index contributed by atoms with van der Waals surface area (Å²) in [6.07, 6.45) is 2.07. The van der Waals surface area contributed by atoms with Gasteiger partial charge in [-0.2, -0.15) is 0 Å². The predicted octanol–water partition coefficient (Wildman–Crippen LogP) is 2.71. The molecule has 0 spiro atoms. The van der Waals surface area contributed by atoms with Gasteiger partial charge in [0.15, 0.2) is 0 Å². The lowest BCUT2D eigenvalue weighted by Gasteiger charge is -2.11. The minimum Gasteiger partial charge on any atom is -0.379 e. The van der Waals surface area contributed by atoms with Crippen LogP contribution in [0.5, 0.6) is 0 Å². The van der Waals surface area contributed by atoms with Gasteiger partial charge >= 0.3 is 0 Å². The fourth-order valence-electron chi connectivity index (χ4n) is 2.15. The normalized spacial score (nSPS) is 10.4. The second-order valence-electron chi connectivity index (χ2n) is 4.70. The molecule has 0 atom stereocenters. The highest BCUT2D eigenvalue weighted by Gasteiger charge is 2.03. The molecule has 1 amide bonds. The number of carbonyl (C=O) groups excluding carboxylic acids is 1. The van der Waals surface area contributed by atoms with Crippen molar-refractivity contribution in [2.75, 3.05) is 24.4 Å². The lowest BCUT2D eigenvalue weighted by Crippen LogP contribution is -2.17. The van der Waals surface area contributed by atoms with E-state index in [9.17, 15) is 4.79 Å². The van der Waals surface area contributed by atoms with Crippen LogP contribution in [0.4, 0.5) is 11.4 Å². The van der Waals surface area contributed by atoms with Crippen LogP contribution in [0.1, 0.15) is 12.6 Å². The summed E-state index contributed by atoms with van der Waals surface area (Å²) in [7, 11) is 1.50. The lowest BCUT2D eigenvalue weighted by atomic mass is 10.2. The Labute approximate surface area is 124 Å². The molecule has 1 aromatic heterocycles. The van der Waals surface area contributed by atoms with Crippen LogP contribution in [0.3, 0.4) is 0 Å². The van der Waals surface area contributed by atoms with Crippen LogP contribution in [0.2, 0.25) is 0 Å². The van der Waals surface area contributed by atoms with Gasteiger partial charge in [0.2, 0.25) is 5.91 Å². The van der Waals surface area contributed by atoms with E-state index in [4.69, 9.17) is 4.74 Å². The first-order chi connectivity index (χ1) is 10.2. The van der Waals surface area contributed by atoms with Gasteiger partial charge in [-0.15, -0.1) is 0 Å². The minimum atomic E-state index is -0.158. The Hall–Kier alpha value is -2.27. The first kappa shape index (κ1) is 15.1. The molecule has 0 aliphatic rings. The fourth-order valence-corrected chi connectivity index (χ4v) is 2.15. The number of carbonyl (C=O) groups is 1. The van der Waals surface area contributed by atoms with Gasteiger partial charge in [-0.1, -0.05) is 6.07 Å². The van der Waals surface area contributed by atoms with Gasteiger partial charge < -0.3 is 19.9 Å². The smallest absolute Gasteiger partial charge is 0.250 e. The Morgan fingerprint density at radius 1 is 1.24 bits per heavy atom. The summed E-state index contributed by atoms with van der Waals surface area (Å²) in [5.41, 5.74) is 2.95. The van der Waals surface area contributed by atoms with Crippen molar-refractivity contribution in [1.82, 2.24) is 4.57 Å². The maximum absolute atomic E-state index is 11.5. The Balaban J connectivity index is 1.96. The van der Waals surface area contributed by atoms with Crippen molar-refractivity contribution >= 4 is 17.3 Å². The highest BCUT2D eigenvalue weighted by Crippen LogP contribution is 2.16. The lowest BCUT2D eigenvalue weighted by molar-refractivity contribution is -0.119. The molecular formula is C16H21N3O2. The number of ether oxygens (including phenoxy) is 1. The van der Waals surface area contributed by atoms with Gasteiger partial charge in [-0.3, -0.25) is 4.79 Å². The molecule has 0 fully saturated rings. The van der Waals surface area contributed by atoms with Gasteiger partial charge in [0.1, 0.15) is 6.61 Å². The minimum absolute atomic E-state index is 0.0572. The van der Waals surface area contributed by atoms with E-state index < -0.39 is 0 Å². The van der Waals surface area contributed by atoms with Gasteiger partial charge in [0.05, 0.1) is 6.54 Å². The molecule has 0 bridgehead atoms. The quantitative estimate of drug-likeness (QED) is 0.823. The molecule has 21 heavy (non-hydrogen) atoms. The fraction of sp³-hybridized carbons (Fsp3) is 0.312. The highest BCUT2D eigenvalue weighted by molar-refractivity contribution is 5.92. The first-order valence-corrected chi connectivity index (χ1v) is 6.99. The summed E-state index contributed by atoms with van der Waals surface area (Å²) < 4.78 is 6.99. The number of aryl methyl sites for hydroxylation is 1. The molecule has 0 saturated heterocycles. The van der Waals surface area contributed by atoms with E-state index in [1.807, 2.05) is 30.3 Å². The number of methoxy groups -OCH3 is 1. The van der Waals surface area contributed by atoms with Crippen molar-refractivity contribution < 1.29 is 9.53 Å². The van der Waals surface area contributed by atoms with E-state index in [1.165, 1.54) is 12.8 Å². The average Bonchev–Trinajstić information content (AvgIpc) is 2.93. The van der Waals surface area contributed by atoms with Crippen molar-refractivity contribution in [2.24, 2.45) is 0 Å². The largest absolute Gasteiger partial charge is 0.379 e. The summed E-state index contributed by atoms with van der Waals surface area (Å²) in [5.74, 6) is -0.158. The second-order valence-corrected chi connectivity index (χ2v) is 4.70. The molecule has 5 heteroatoms. The standard InChI is InChI=1S/C16H21N3O2/c1-3-19-9-5-8-15(19)11-17-13-6-4-7-14(10-13)18-16(20)12-21-2/h4-10,17H,3,11-12H2,1-2H3,(H,18,20). The Kier molecular flexibility index (Phi) is 5.40. The molecule has 0 unspecified atom stereocenters. The van der Waals surface area contributed by atoms with Crippen LogP contribution < -0.4 is 10.6 Å². The molecule has 2 rings (SSSR count). The average molecular weight is 287 g/mol. The van der Waals surface area contributed by atoms with Crippen molar-refractivity contribution in [1.29, 1.82) is 0 Å². The summed E-state index contributed by atoms with van der Waals surface area (Å²) in [5, 5.41) is 6.15. The summed E-state index contributed by atoms with van der Waals surface area (Å²) in [6.45, 7) is 3.88. The Bertz CT molecular complexity index is 593. The number of anilines is 2. The van der Waals surface area contributed by atoms with Gasteiger partial charge in [0, 0.05) is 36.9 Å². The summed E-state index contributed by atoms with van der Waals surface area (Å²) in [6, 6.07) is 11.8. The molecule has 2 N–H and O–H groups in total. The molecule has 0 radical (unpaired) electrons. The number of nitrogens with one attached hydrogen (secondary N) is 2. The number of rotatable bonds is 7. The maximum atomic E-state index is 11.5. The van der Waals surface area contributed by atoms with Crippen LogP contribution in [-0.2, 0) is 22.6 Å². The predicted molar refractivity (Wildman–Crippen MR) is 84.4 cm³/mol. The van der Waals surface area contributed by atoms with Gasteiger partial charge in [-0.25, -0.2) is 0 Å². The van der Waals surface area contributed by atoms with Crippen LogP contribution in [-0.4, -0.2) is 24.2 Å². The van der Waals surface area contributed by atoms with E-state index in [1.54, 1.807) is 0 Å². The molecule has 0 aliphatic carbocycles. The van der Waals surface area contributed by atoms with Crippen LogP contribution in [0.15, 0.2) is 42.6 Å². The van der Waals surface area contributed by atoms with Gasteiger partial charge in [-0.05, 0) is 37.3 Å². The third-order valence-electron chi connectivity index (χ3n) is 3.16. The summed E-state index contributed by atoms with van der Waals surface area (Å²) in [4.78, 5) is 11.5. The van der Waals surface area contributed by atoms with Gasteiger partial charge in [0.25, 0.3) is 0 Å². The number of nitrogens with zero attached hydrogens (tertiary/aromatic N) is 1. The molecule has 0 saturated carbocycles. The Morgan fingerprint density at radius 3 is 2.81 bits per heavy atom. The van der Waals surface area contributed by atoms with Crippen LogP contribution in [0, 0.1) is 0 Å². The molecular weight excluding hydrogens is 266 g/mol. The zero-order valence-electron chi connectivity index (χ0n) is 12.4. The molecule has 0 aliphatic heterocycles. The number of benzene rings is 1. The highest BCUT2D eigenvalue weighted by atomic mass is 16.5. The third-order valence-corrected chi connectivity index (χ3v) is 3.16. The number of aromatic nitrogens is 1. The third kappa shape index (κ3) is 4.36. The number of amides is 1. The SMILES string of the molecule is CCn1cccc1CNc1cccc(NC(=O)COC)c1. The maximum Gasteiger partial charge on any atom is 0.250 e. The van der Waals surface area contributed by atoms with E-state index in [0.717, 1.165) is 24.5 Å². The molecule has 5 nitrogen and oxygen atoms in total. The van der Waals surface area contributed by atoms with E-state index in [-0.39, 0.29) is 12.5 Å². The Morgan fingerprint density at radius 2 is 2.05 bits per heavy atom. The van der Waals surface area contributed by atoms with E-state index in [0.29, 0.717) is 0 Å². The molecule has 2 aromatic rings. The molecule has 1 aromatic carbocycles. The van der Waals surface area contributed by atoms with Crippen LogP contribution in [0.25, 0.3) is 0 Å². The number of hydrogen-bond acceptors (Lipinski definition) is 3. The monoisotopic (exact) mass is 287 g/mol. The molecule has 1 heterocycles. The van der Waals surface area contributed by atoms with E-state index >= 15 is 0 Å². The second kappa shape index (κ2) is 7.50.